The topological polar surface area (TPSA) is 55.1 Å². The monoisotopic (exact) mass is 418 g/mol. The van der Waals surface area contributed by atoms with E-state index < -0.39 is 0 Å². The lowest BCUT2D eigenvalue weighted by atomic mass is 9.23. The number of allylic oxidation sites excluding steroid dienone is 2. The molecular weight excluding hydrogens is 380 g/mol. The van der Waals surface area contributed by atoms with Gasteiger partial charge >= 0.3 is 0 Å². The van der Waals surface area contributed by atoms with Gasteiger partial charge < -0.3 is 11.1 Å². The third-order valence-electron chi connectivity index (χ3n) is 10.2. The van der Waals surface area contributed by atoms with Crippen LogP contribution in [0.1, 0.15) is 77.2 Å². The Morgan fingerprint density at radius 1 is 1.13 bits per heavy atom. The summed E-state index contributed by atoms with van der Waals surface area (Å²) in [4.78, 5) is 13.9. The Kier molecular flexibility index (Phi) is 4.33. The van der Waals surface area contributed by atoms with E-state index in [1.54, 1.807) is 5.57 Å². The molecule has 166 valence electrons. The molecule has 5 fully saturated rings. The third kappa shape index (κ3) is 2.42. The largest absolute Gasteiger partial charge is 0.353 e. The SMILES string of the molecule is CC(C)C/C=C1/C2CC3(C(=O)N[C@H]4CC[C@H](N)CC4)CC4(c5ccccc5)CC1C34C2. The Hall–Kier alpha value is -1.61. The summed E-state index contributed by atoms with van der Waals surface area (Å²) < 4.78 is 0. The van der Waals surface area contributed by atoms with Crippen molar-refractivity contribution in [3.8, 4) is 0 Å². The maximum atomic E-state index is 13.9. The summed E-state index contributed by atoms with van der Waals surface area (Å²) in [5, 5.41) is 3.54. The van der Waals surface area contributed by atoms with Crippen LogP contribution in [0.3, 0.4) is 0 Å². The first kappa shape index (κ1) is 20.0. The van der Waals surface area contributed by atoms with Gasteiger partial charge in [-0.3, -0.25) is 4.79 Å². The van der Waals surface area contributed by atoms with Crippen molar-refractivity contribution in [3.05, 3.63) is 47.5 Å². The fourth-order valence-corrected chi connectivity index (χ4v) is 8.96. The second-order valence-corrected chi connectivity index (χ2v) is 12.0. The lowest BCUT2D eigenvalue weighted by Gasteiger charge is -2.79. The number of fused-ring (bicyclic) bond motifs is 1. The van der Waals surface area contributed by atoms with Gasteiger partial charge in [-0.1, -0.05) is 55.8 Å². The van der Waals surface area contributed by atoms with E-state index in [-0.39, 0.29) is 16.2 Å². The Bertz CT molecular complexity index is 914. The van der Waals surface area contributed by atoms with Crippen LogP contribution in [0.25, 0.3) is 0 Å². The van der Waals surface area contributed by atoms with Gasteiger partial charge in [0.2, 0.25) is 5.91 Å². The van der Waals surface area contributed by atoms with Gasteiger partial charge in [0.15, 0.2) is 0 Å². The van der Waals surface area contributed by atoms with E-state index in [2.05, 4.69) is 55.6 Å². The van der Waals surface area contributed by atoms with Gasteiger partial charge in [0, 0.05) is 22.9 Å². The standard InChI is InChI=1S/C28H38N2O/c1-18(2)8-13-23-19-14-27(25(31)30-22-11-9-21(29)10-12-22)17-26(20-6-4-3-5-7-20)16-24(23)28(26,27)15-19/h3-7,13,18-19,21-22,24H,8-12,14-17,29H2,1-2H3,(H,30,31)/b23-13-/t19?,21-,22-,24?,26?,27?,28?. The highest BCUT2D eigenvalue weighted by Crippen LogP contribution is 2.92. The van der Waals surface area contributed by atoms with Crippen molar-refractivity contribution in [2.24, 2.45) is 34.3 Å². The maximum Gasteiger partial charge on any atom is 0.227 e. The Morgan fingerprint density at radius 3 is 2.58 bits per heavy atom. The summed E-state index contributed by atoms with van der Waals surface area (Å²) in [6, 6.07) is 11.8. The molecule has 1 spiro atoms. The number of nitrogens with two attached hydrogens (primary N) is 1. The molecule has 5 saturated carbocycles. The van der Waals surface area contributed by atoms with Crippen molar-refractivity contribution in [3.63, 3.8) is 0 Å². The number of amides is 1. The van der Waals surface area contributed by atoms with E-state index >= 15 is 0 Å². The van der Waals surface area contributed by atoms with Crippen LogP contribution in [0.2, 0.25) is 0 Å². The molecule has 1 aromatic carbocycles. The highest BCUT2D eigenvalue weighted by atomic mass is 16.2. The quantitative estimate of drug-likeness (QED) is 0.654. The van der Waals surface area contributed by atoms with E-state index in [9.17, 15) is 4.79 Å². The van der Waals surface area contributed by atoms with E-state index in [4.69, 9.17) is 5.73 Å². The number of rotatable bonds is 5. The molecule has 5 unspecified atom stereocenters. The predicted octanol–water partition coefficient (Wildman–Crippen LogP) is 5.10. The highest BCUT2D eigenvalue weighted by molar-refractivity contribution is 5.89. The first-order chi connectivity index (χ1) is 14.9. The number of hydrogen-bond acceptors (Lipinski definition) is 2. The van der Waals surface area contributed by atoms with Crippen LogP contribution in [0.5, 0.6) is 0 Å². The van der Waals surface area contributed by atoms with Crippen LogP contribution in [0.15, 0.2) is 42.0 Å². The van der Waals surface area contributed by atoms with Crippen LogP contribution in [-0.2, 0) is 10.2 Å². The van der Waals surface area contributed by atoms with Crippen LogP contribution in [0.4, 0.5) is 0 Å². The molecule has 5 aliphatic rings. The summed E-state index contributed by atoms with van der Waals surface area (Å²) in [7, 11) is 0. The molecule has 31 heavy (non-hydrogen) atoms. The summed E-state index contributed by atoms with van der Waals surface area (Å²) >= 11 is 0. The van der Waals surface area contributed by atoms with Gasteiger partial charge in [0.25, 0.3) is 0 Å². The molecule has 2 bridgehead atoms. The molecule has 0 aromatic heterocycles. The summed E-state index contributed by atoms with van der Waals surface area (Å²) in [5.74, 6) is 2.34. The fourth-order valence-electron chi connectivity index (χ4n) is 8.96. The lowest BCUT2D eigenvalue weighted by molar-refractivity contribution is -0.249. The summed E-state index contributed by atoms with van der Waals surface area (Å²) in [6.45, 7) is 4.63. The summed E-state index contributed by atoms with van der Waals surface area (Å²) in [5.41, 5.74) is 9.58. The molecule has 0 aliphatic heterocycles. The van der Waals surface area contributed by atoms with Crippen molar-refractivity contribution < 1.29 is 4.79 Å². The molecule has 5 atom stereocenters. The van der Waals surface area contributed by atoms with E-state index in [0.717, 1.165) is 38.5 Å². The number of nitrogens with one attached hydrogen (secondary N) is 1. The van der Waals surface area contributed by atoms with Crippen molar-refractivity contribution in [2.45, 2.75) is 89.1 Å². The van der Waals surface area contributed by atoms with E-state index in [1.165, 1.54) is 24.8 Å². The van der Waals surface area contributed by atoms with Gasteiger partial charge in [0.1, 0.15) is 0 Å². The number of carbonyl (C=O) groups excluding carboxylic acids is 1. The van der Waals surface area contributed by atoms with Gasteiger partial charge in [0.05, 0.1) is 5.41 Å². The van der Waals surface area contributed by atoms with Crippen LogP contribution in [-0.4, -0.2) is 18.0 Å². The first-order valence-electron chi connectivity index (χ1n) is 12.7. The normalized spacial score (nSPS) is 45.9. The molecule has 5 aliphatic carbocycles. The average molecular weight is 419 g/mol. The van der Waals surface area contributed by atoms with Crippen LogP contribution in [0, 0.1) is 28.6 Å². The maximum absolute atomic E-state index is 13.9. The predicted molar refractivity (Wildman–Crippen MR) is 124 cm³/mol. The van der Waals surface area contributed by atoms with Gasteiger partial charge in [-0.25, -0.2) is 0 Å². The number of carbonyl (C=O) groups is 1. The Balaban J connectivity index is 1.32. The van der Waals surface area contributed by atoms with Crippen LogP contribution >= 0.6 is 0 Å². The van der Waals surface area contributed by atoms with E-state index in [0.29, 0.717) is 35.7 Å². The molecule has 3 heteroatoms. The molecule has 0 heterocycles. The second-order valence-electron chi connectivity index (χ2n) is 12.0. The molecular formula is C28H38N2O. The molecule has 3 nitrogen and oxygen atoms in total. The fraction of sp³-hybridized carbons (Fsp3) is 0.679. The minimum absolute atomic E-state index is 0.134. The average Bonchev–Trinajstić information content (AvgIpc) is 3.23. The molecule has 6 rings (SSSR count). The van der Waals surface area contributed by atoms with E-state index in [1.807, 2.05) is 0 Å². The molecule has 3 N–H and O–H groups in total. The zero-order chi connectivity index (χ0) is 21.4. The first-order valence-corrected chi connectivity index (χ1v) is 12.7. The van der Waals surface area contributed by atoms with Crippen molar-refractivity contribution >= 4 is 5.91 Å². The highest BCUT2D eigenvalue weighted by Gasteiger charge is 2.90. The molecule has 1 amide bonds. The minimum Gasteiger partial charge on any atom is -0.353 e. The van der Waals surface area contributed by atoms with Gasteiger partial charge in [-0.2, -0.15) is 0 Å². The van der Waals surface area contributed by atoms with Gasteiger partial charge in [-0.15, -0.1) is 0 Å². The third-order valence-corrected chi connectivity index (χ3v) is 10.2. The molecule has 0 saturated heterocycles. The zero-order valence-electron chi connectivity index (χ0n) is 19.2. The molecule has 1 aromatic rings. The Morgan fingerprint density at radius 2 is 1.87 bits per heavy atom. The molecule has 0 radical (unpaired) electrons. The number of benzene rings is 1. The second kappa shape index (κ2) is 6.70. The Labute approximate surface area is 187 Å². The van der Waals surface area contributed by atoms with Crippen molar-refractivity contribution in [1.82, 2.24) is 5.32 Å². The van der Waals surface area contributed by atoms with Crippen LogP contribution < -0.4 is 11.1 Å². The smallest absolute Gasteiger partial charge is 0.227 e. The zero-order valence-corrected chi connectivity index (χ0v) is 19.2. The van der Waals surface area contributed by atoms with Crippen molar-refractivity contribution in [1.29, 1.82) is 0 Å². The van der Waals surface area contributed by atoms with Gasteiger partial charge in [-0.05, 0) is 81.1 Å². The van der Waals surface area contributed by atoms with Crippen molar-refractivity contribution in [2.75, 3.05) is 0 Å². The lowest BCUT2D eigenvalue weighted by Crippen LogP contribution is -2.80. The number of hydrogen-bond donors (Lipinski definition) is 2. The summed E-state index contributed by atoms with van der Waals surface area (Å²) in [6.07, 6.45) is 12.6. The minimum atomic E-state index is -0.134.